The van der Waals surface area contributed by atoms with Crippen molar-refractivity contribution in [2.45, 2.75) is 56.1 Å². The molecule has 0 radical (unpaired) electrons. The number of rotatable bonds is 3. The quantitative estimate of drug-likeness (QED) is 0.931. The van der Waals surface area contributed by atoms with Gasteiger partial charge in [0.05, 0.1) is 6.04 Å². The third kappa shape index (κ3) is 2.84. The van der Waals surface area contributed by atoms with Crippen LogP contribution in [0.15, 0.2) is 30.3 Å². The first-order chi connectivity index (χ1) is 10.2. The van der Waals surface area contributed by atoms with E-state index in [1.807, 2.05) is 24.8 Å². The Hall–Kier alpha value is -1.00. The average Bonchev–Trinajstić information content (AvgIpc) is 2.83. The van der Waals surface area contributed by atoms with Crippen molar-refractivity contribution in [1.29, 1.82) is 0 Å². The molecule has 1 aromatic carbocycles. The van der Waals surface area contributed by atoms with Crippen molar-refractivity contribution in [3.8, 4) is 0 Å². The van der Waals surface area contributed by atoms with Gasteiger partial charge in [-0.25, -0.2) is 0 Å². The summed E-state index contributed by atoms with van der Waals surface area (Å²) in [6, 6.07) is 10.6. The predicted molar refractivity (Wildman–Crippen MR) is 88.2 cm³/mol. The molecule has 1 aromatic rings. The van der Waals surface area contributed by atoms with E-state index in [2.05, 4.69) is 40.7 Å². The fourth-order valence-electron chi connectivity index (χ4n) is 3.66. The SMILES string of the molecule is CSC1CCCCC1N1C(=O)C(C)NC1c1ccccc1. The number of hydrogen-bond donors (Lipinski definition) is 1. The predicted octanol–water partition coefficient (Wildman–Crippen LogP) is 3.18. The van der Waals surface area contributed by atoms with Gasteiger partial charge >= 0.3 is 0 Å². The van der Waals surface area contributed by atoms with Gasteiger partial charge < -0.3 is 4.90 Å². The Morgan fingerprint density at radius 1 is 1.19 bits per heavy atom. The lowest BCUT2D eigenvalue weighted by Crippen LogP contribution is -2.47. The molecule has 2 aliphatic rings. The molecule has 1 saturated carbocycles. The monoisotopic (exact) mass is 304 g/mol. The molecule has 0 aromatic heterocycles. The van der Waals surface area contributed by atoms with Crippen LogP contribution in [-0.4, -0.2) is 34.4 Å². The molecule has 21 heavy (non-hydrogen) atoms. The third-order valence-corrected chi connectivity index (χ3v) is 5.91. The number of carbonyl (C=O) groups is 1. The first-order valence-corrected chi connectivity index (χ1v) is 9.17. The van der Waals surface area contributed by atoms with Crippen molar-refractivity contribution in [3.63, 3.8) is 0 Å². The van der Waals surface area contributed by atoms with Crippen LogP contribution in [0.4, 0.5) is 0 Å². The summed E-state index contributed by atoms with van der Waals surface area (Å²) in [5, 5.41) is 4.05. The smallest absolute Gasteiger partial charge is 0.241 e. The van der Waals surface area contributed by atoms with Crippen LogP contribution in [0.1, 0.15) is 44.3 Å². The van der Waals surface area contributed by atoms with Gasteiger partial charge in [0.15, 0.2) is 0 Å². The van der Waals surface area contributed by atoms with Gasteiger partial charge in [0.25, 0.3) is 0 Å². The number of thioether (sulfide) groups is 1. The Morgan fingerprint density at radius 2 is 1.90 bits per heavy atom. The third-order valence-electron chi connectivity index (χ3n) is 4.75. The van der Waals surface area contributed by atoms with Gasteiger partial charge in [0, 0.05) is 11.3 Å². The lowest BCUT2D eigenvalue weighted by molar-refractivity contribution is -0.132. The van der Waals surface area contributed by atoms with E-state index in [0.717, 1.165) is 6.42 Å². The number of nitrogens with zero attached hydrogens (tertiary/aromatic N) is 1. The van der Waals surface area contributed by atoms with E-state index in [0.29, 0.717) is 11.3 Å². The molecule has 0 bridgehead atoms. The van der Waals surface area contributed by atoms with E-state index in [-0.39, 0.29) is 18.1 Å². The molecule has 4 unspecified atom stereocenters. The Kier molecular flexibility index (Phi) is 4.55. The summed E-state index contributed by atoms with van der Waals surface area (Å²) in [6.45, 7) is 1.98. The van der Waals surface area contributed by atoms with Crippen LogP contribution < -0.4 is 5.32 Å². The number of hydrogen-bond acceptors (Lipinski definition) is 3. The van der Waals surface area contributed by atoms with Crippen LogP contribution >= 0.6 is 11.8 Å². The number of benzene rings is 1. The van der Waals surface area contributed by atoms with E-state index in [1.165, 1.54) is 24.8 Å². The van der Waals surface area contributed by atoms with E-state index >= 15 is 0 Å². The zero-order valence-electron chi connectivity index (χ0n) is 12.8. The van der Waals surface area contributed by atoms with Crippen LogP contribution in [0.2, 0.25) is 0 Å². The van der Waals surface area contributed by atoms with E-state index in [1.54, 1.807) is 0 Å². The summed E-state index contributed by atoms with van der Waals surface area (Å²) in [6.07, 6.45) is 7.11. The highest BCUT2D eigenvalue weighted by Gasteiger charge is 2.43. The Bertz CT molecular complexity index is 493. The first-order valence-electron chi connectivity index (χ1n) is 7.88. The van der Waals surface area contributed by atoms with Crippen LogP contribution in [0, 0.1) is 0 Å². The Labute approximate surface area is 131 Å². The van der Waals surface area contributed by atoms with Crippen molar-refractivity contribution in [2.24, 2.45) is 0 Å². The van der Waals surface area contributed by atoms with Crippen LogP contribution in [0.25, 0.3) is 0 Å². The van der Waals surface area contributed by atoms with E-state index < -0.39 is 0 Å². The van der Waals surface area contributed by atoms with Gasteiger partial charge in [-0.15, -0.1) is 0 Å². The largest absolute Gasteiger partial charge is 0.317 e. The average molecular weight is 304 g/mol. The number of amides is 1. The summed E-state index contributed by atoms with van der Waals surface area (Å²) in [4.78, 5) is 14.8. The molecule has 1 aliphatic heterocycles. The standard InChI is InChI=1S/C17H24N2OS/c1-12-17(20)19(14-10-6-7-11-15(14)21-2)16(18-12)13-8-4-3-5-9-13/h3-5,8-9,12,14-16,18H,6-7,10-11H2,1-2H3. The highest BCUT2D eigenvalue weighted by molar-refractivity contribution is 7.99. The molecule has 114 valence electrons. The molecule has 1 saturated heterocycles. The molecular weight excluding hydrogens is 280 g/mol. The molecule has 4 atom stereocenters. The molecular formula is C17H24N2OS. The van der Waals surface area contributed by atoms with Crippen molar-refractivity contribution < 1.29 is 4.79 Å². The molecule has 3 nitrogen and oxygen atoms in total. The lowest BCUT2D eigenvalue weighted by Gasteiger charge is -2.40. The summed E-state index contributed by atoms with van der Waals surface area (Å²) in [5.74, 6) is 0.259. The van der Waals surface area contributed by atoms with Gasteiger partial charge in [0.2, 0.25) is 5.91 Å². The second-order valence-electron chi connectivity index (χ2n) is 6.07. The maximum Gasteiger partial charge on any atom is 0.241 e. The van der Waals surface area contributed by atoms with Crippen molar-refractivity contribution >= 4 is 17.7 Å². The van der Waals surface area contributed by atoms with Crippen molar-refractivity contribution in [3.05, 3.63) is 35.9 Å². The fraction of sp³-hybridized carbons (Fsp3) is 0.588. The van der Waals surface area contributed by atoms with Gasteiger partial charge in [-0.2, -0.15) is 11.8 Å². The Balaban J connectivity index is 1.90. The van der Waals surface area contributed by atoms with Gasteiger partial charge in [-0.3, -0.25) is 10.1 Å². The summed E-state index contributed by atoms with van der Waals surface area (Å²) < 4.78 is 0. The molecule has 1 aliphatic carbocycles. The minimum absolute atomic E-state index is 0.0337. The maximum absolute atomic E-state index is 12.7. The van der Waals surface area contributed by atoms with E-state index in [9.17, 15) is 4.79 Å². The van der Waals surface area contributed by atoms with Crippen LogP contribution in [-0.2, 0) is 4.79 Å². The fourth-order valence-corrected chi connectivity index (χ4v) is 4.64. The molecule has 4 heteroatoms. The number of carbonyl (C=O) groups excluding carboxylic acids is 1. The minimum Gasteiger partial charge on any atom is -0.317 e. The van der Waals surface area contributed by atoms with Gasteiger partial charge in [-0.05, 0) is 31.6 Å². The molecule has 3 rings (SSSR count). The maximum atomic E-state index is 12.7. The summed E-state index contributed by atoms with van der Waals surface area (Å²) in [5.41, 5.74) is 1.20. The second-order valence-corrected chi connectivity index (χ2v) is 7.15. The van der Waals surface area contributed by atoms with Gasteiger partial charge in [0.1, 0.15) is 6.17 Å². The summed E-state index contributed by atoms with van der Waals surface area (Å²) >= 11 is 1.92. The van der Waals surface area contributed by atoms with Crippen molar-refractivity contribution in [2.75, 3.05) is 6.26 Å². The Morgan fingerprint density at radius 3 is 2.62 bits per heavy atom. The normalized spacial score (nSPS) is 33.4. The number of nitrogens with one attached hydrogen (secondary N) is 1. The zero-order valence-corrected chi connectivity index (χ0v) is 13.6. The van der Waals surface area contributed by atoms with Crippen molar-refractivity contribution in [1.82, 2.24) is 10.2 Å². The first kappa shape index (κ1) is 14.9. The second kappa shape index (κ2) is 6.41. The molecule has 1 heterocycles. The minimum atomic E-state index is -0.0837. The molecule has 0 spiro atoms. The lowest BCUT2D eigenvalue weighted by atomic mass is 9.92. The van der Waals surface area contributed by atoms with Crippen LogP contribution in [0.3, 0.4) is 0 Å². The van der Waals surface area contributed by atoms with Gasteiger partial charge in [-0.1, -0.05) is 43.2 Å². The summed E-state index contributed by atoms with van der Waals surface area (Å²) in [7, 11) is 0. The molecule has 1 amide bonds. The molecule has 2 fully saturated rings. The van der Waals surface area contributed by atoms with Crippen LogP contribution in [0.5, 0.6) is 0 Å². The zero-order chi connectivity index (χ0) is 14.8. The highest BCUT2D eigenvalue weighted by Crippen LogP contribution is 2.37. The molecule has 1 N–H and O–H groups in total. The van der Waals surface area contributed by atoms with E-state index in [4.69, 9.17) is 0 Å². The highest BCUT2D eigenvalue weighted by atomic mass is 32.2. The topological polar surface area (TPSA) is 32.3 Å².